The molecule has 0 spiro atoms. The second-order valence-corrected chi connectivity index (χ2v) is 7.78. The number of halogens is 2. The zero-order chi connectivity index (χ0) is 19.5. The molecule has 0 atom stereocenters. The van der Waals surface area contributed by atoms with Crippen LogP contribution in [0.5, 0.6) is 11.5 Å². The van der Waals surface area contributed by atoms with Crippen LogP contribution >= 0.6 is 27.5 Å². The fourth-order valence-corrected chi connectivity index (χ4v) is 3.50. The van der Waals surface area contributed by atoms with E-state index >= 15 is 0 Å². The van der Waals surface area contributed by atoms with Crippen molar-refractivity contribution in [3.05, 3.63) is 57.0 Å². The Labute approximate surface area is 176 Å². The van der Waals surface area contributed by atoms with E-state index in [0.717, 1.165) is 39.6 Å². The summed E-state index contributed by atoms with van der Waals surface area (Å²) in [7, 11) is 0. The van der Waals surface area contributed by atoms with E-state index in [0.29, 0.717) is 13.2 Å². The highest BCUT2D eigenvalue weighted by Crippen LogP contribution is 2.37. The lowest BCUT2D eigenvalue weighted by molar-refractivity contribution is 0.267. The van der Waals surface area contributed by atoms with Crippen molar-refractivity contribution in [2.24, 2.45) is 0 Å². The molecule has 27 heavy (non-hydrogen) atoms. The van der Waals surface area contributed by atoms with Gasteiger partial charge in [0.05, 0.1) is 11.1 Å². The van der Waals surface area contributed by atoms with Crippen molar-refractivity contribution in [2.45, 2.75) is 52.7 Å². The van der Waals surface area contributed by atoms with Crippen molar-refractivity contribution in [3.63, 3.8) is 0 Å². The molecule has 0 fully saturated rings. The van der Waals surface area contributed by atoms with E-state index in [-0.39, 0.29) is 0 Å². The van der Waals surface area contributed by atoms with Gasteiger partial charge in [0, 0.05) is 11.6 Å². The van der Waals surface area contributed by atoms with Crippen molar-refractivity contribution in [2.75, 3.05) is 13.2 Å². The summed E-state index contributed by atoms with van der Waals surface area (Å²) in [6.07, 6.45) is 5.08. The highest BCUT2D eigenvalue weighted by molar-refractivity contribution is 9.10. The average molecular weight is 455 g/mol. The lowest BCUT2D eigenvalue weighted by Gasteiger charge is -2.16. The Kier molecular flexibility index (Phi) is 10.0. The SMILES string of the molecule is CCCCCCNCc1cc(Br)c(OCc2ccc(Cl)cc2)c(OCC)c1. The van der Waals surface area contributed by atoms with Gasteiger partial charge in [-0.2, -0.15) is 0 Å². The summed E-state index contributed by atoms with van der Waals surface area (Å²) >= 11 is 9.58. The van der Waals surface area contributed by atoms with Crippen molar-refractivity contribution in [3.8, 4) is 11.5 Å². The fraction of sp³-hybridized carbons (Fsp3) is 0.455. The average Bonchev–Trinajstić information content (AvgIpc) is 2.65. The second-order valence-electron chi connectivity index (χ2n) is 6.49. The number of ether oxygens (including phenoxy) is 2. The van der Waals surface area contributed by atoms with Crippen molar-refractivity contribution in [1.29, 1.82) is 0 Å². The van der Waals surface area contributed by atoms with Crippen LogP contribution in [-0.4, -0.2) is 13.2 Å². The van der Waals surface area contributed by atoms with Crippen molar-refractivity contribution < 1.29 is 9.47 Å². The molecule has 2 rings (SSSR count). The van der Waals surface area contributed by atoms with Crippen LogP contribution in [-0.2, 0) is 13.2 Å². The third-order valence-corrected chi connectivity index (χ3v) is 5.04. The van der Waals surface area contributed by atoms with Gasteiger partial charge in [-0.25, -0.2) is 0 Å². The largest absolute Gasteiger partial charge is 0.490 e. The normalized spacial score (nSPS) is 10.8. The fourth-order valence-electron chi connectivity index (χ4n) is 2.77. The molecule has 0 saturated carbocycles. The van der Waals surface area contributed by atoms with E-state index < -0.39 is 0 Å². The Hall–Kier alpha value is -1.23. The first-order chi connectivity index (χ1) is 13.1. The summed E-state index contributed by atoms with van der Waals surface area (Å²) in [4.78, 5) is 0. The van der Waals surface area contributed by atoms with E-state index in [4.69, 9.17) is 21.1 Å². The summed E-state index contributed by atoms with van der Waals surface area (Å²) in [5.41, 5.74) is 2.24. The molecule has 0 aliphatic heterocycles. The Morgan fingerprint density at radius 1 is 0.963 bits per heavy atom. The van der Waals surface area contributed by atoms with Gasteiger partial charge in [-0.3, -0.25) is 0 Å². The summed E-state index contributed by atoms with van der Waals surface area (Å²) < 4.78 is 12.8. The molecule has 2 aromatic carbocycles. The second kappa shape index (κ2) is 12.3. The molecular weight excluding hydrogens is 426 g/mol. The molecule has 0 aliphatic rings. The third kappa shape index (κ3) is 7.73. The van der Waals surface area contributed by atoms with Gasteiger partial charge in [-0.15, -0.1) is 0 Å². The molecule has 0 unspecified atom stereocenters. The molecule has 0 aliphatic carbocycles. The molecule has 0 bridgehead atoms. The zero-order valence-electron chi connectivity index (χ0n) is 16.2. The van der Waals surface area contributed by atoms with Gasteiger partial charge in [-0.05, 0) is 71.2 Å². The third-order valence-electron chi connectivity index (χ3n) is 4.20. The number of rotatable bonds is 12. The van der Waals surface area contributed by atoms with Crippen LogP contribution in [0.15, 0.2) is 40.9 Å². The lowest BCUT2D eigenvalue weighted by Crippen LogP contribution is -2.15. The Bertz CT molecular complexity index is 691. The predicted molar refractivity (Wildman–Crippen MR) is 117 cm³/mol. The predicted octanol–water partition coefficient (Wildman–Crippen LogP) is 6.75. The molecule has 0 heterocycles. The Morgan fingerprint density at radius 3 is 2.44 bits per heavy atom. The first-order valence-electron chi connectivity index (χ1n) is 9.67. The van der Waals surface area contributed by atoms with Gasteiger partial charge >= 0.3 is 0 Å². The zero-order valence-corrected chi connectivity index (χ0v) is 18.5. The molecule has 3 nitrogen and oxygen atoms in total. The van der Waals surface area contributed by atoms with E-state index in [1.165, 1.54) is 31.2 Å². The lowest BCUT2D eigenvalue weighted by atomic mass is 10.1. The van der Waals surface area contributed by atoms with E-state index in [1.54, 1.807) is 0 Å². The minimum absolute atomic E-state index is 0.463. The molecule has 0 saturated heterocycles. The van der Waals surface area contributed by atoms with Gasteiger partial charge in [0.1, 0.15) is 6.61 Å². The maximum atomic E-state index is 6.04. The van der Waals surface area contributed by atoms with E-state index in [1.807, 2.05) is 31.2 Å². The summed E-state index contributed by atoms with van der Waals surface area (Å²) in [5.74, 6) is 1.50. The summed E-state index contributed by atoms with van der Waals surface area (Å²) in [5, 5.41) is 4.23. The first kappa shape index (κ1) is 22.1. The van der Waals surface area contributed by atoms with Crippen LogP contribution in [0.25, 0.3) is 0 Å². The number of unbranched alkanes of at least 4 members (excludes halogenated alkanes) is 3. The van der Waals surface area contributed by atoms with E-state index in [2.05, 4.69) is 40.3 Å². The standard InChI is InChI=1S/C22H29BrClNO2/c1-3-5-6-7-12-25-15-18-13-20(23)22(21(14-18)26-4-2)27-16-17-8-10-19(24)11-9-17/h8-11,13-14,25H,3-7,12,15-16H2,1-2H3. The molecule has 2 aromatic rings. The number of hydrogen-bond donors (Lipinski definition) is 1. The maximum Gasteiger partial charge on any atom is 0.175 e. The highest BCUT2D eigenvalue weighted by Gasteiger charge is 2.12. The molecule has 0 aromatic heterocycles. The number of benzene rings is 2. The monoisotopic (exact) mass is 453 g/mol. The topological polar surface area (TPSA) is 30.5 Å². The van der Waals surface area contributed by atoms with Crippen LogP contribution < -0.4 is 14.8 Å². The Morgan fingerprint density at radius 2 is 1.74 bits per heavy atom. The van der Waals surface area contributed by atoms with Crippen LogP contribution in [0.4, 0.5) is 0 Å². The summed E-state index contributed by atoms with van der Waals surface area (Å²) in [6.45, 7) is 7.13. The molecule has 5 heteroatoms. The number of nitrogens with one attached hydrogen (secondary N) is 1. The van der Waals surface area contributed by atoms with Crippen LogP contribution in [0, 0.1) is 0 Å². The summed E-state index contributed by atoms with van der Waals surface area (Å²) in [6, 6.07) is 11.8. The Balaban J connectivity index is 1.98. The minimum Gasteiger partial charge on any atom is -0.490 e. The van der Waals surface area contributed by atoms with Crippen LogP contribution in [0.3, 0.4) is 0 Å². The van der Waals surface area contributed by atoms with Crippen LogP contribution in [0.1, 0.15) is 50.7 Å². The van der Waals surface area contributed by atoms with Gasteiger partial charge < -0.3 is 14.8 Å². The highest BCUT2D eigenvalue weighted by atomic mass is 79.9. The smallest absolute Gasteiger partial charge is 0.175 e. The van der Waals surface area contributed by atoms with Crippen LogP contribution in [0.2, 0.25) is 5.02 Å². The van der Waals surface area contributed by atoms with Crippen molar-refractivity contribution in [1.82, 2.24) is 5.32 Å². The molecule has 0 radical (unpaired) electrons. The van der Waals surface area contributed by atoms with Gasteiger partial charge in [0.25, 0.3) is 0 Å². The van der Waals surface area contributed by atoms with Gasteiger partial charge in [0.2, 0.25) is 0 Å². The van der Waals surface area contributed by atoms with Crippen molar-refractivity contribution >= 4 is 27.5 Å². The number of hydrogen-bond acceptors (Lipinski definition) is 3. The van der Waals surface area contributed by atoms with Gasteiger partial charge in [0.15, 0.2) is 11.5 Å². The molecule has 148 valence electrons. The minimum atomic E-state index is 0.463. The molecular formula is C22H29BrClNO2. The molecule has 1 N–H and O–H groups in total. The van der Waals surface area contributed by atoms with E-state index in [9.17, 15) is 0 Å². The quantitative estimate of drug-likeness (QED) is 0.360. The molecule has 0 amide bonds. The first-order valence-corrected chi connectivity index (χ1v) is 10.8. The maximum absolute atomic E-state index is 6.04. The van der Waals surface area contributed by atoms with Gasteiger partial charge in [-0.1, -0.05) is 49.9 Å².